The van der Waals surface area contributed by atoms with Gasteiger partial charge in [0.2, 0.25) is 5.91 Å². The molecular formula is C13H22N2O3. The number of hydrogen-bond donors (Lipinski definition) is 2. The molecule has 0 aromatic heterocycles. The highest BCUT2D eigenvalue weighted by Gasteiger charge is 2.34. The Bertz CT molecular complexity index is 315. The summed E-state index contributed by atoms with van der Waals surface area (Å²) < 4.78 is 0. The van der Waals surface area contributed by atoms with Crippen LogP contribution in [0.25, 0.3) is 0 Å². The predicted molar refractivity (Wildman–Crippen MR) is 67.2 cm³/mol. The summed E-state index contributed by atoms with van der Waals surface area (Å²) in [4.78, 5) is 24.3. The summed E-state index contributed by atoms with van der Waals surface area (Å²) in [6, 6.07) is 0.821. The summed E-state index contributed by atoms with van der Waals surface area (Å²) in [7, 11) is 0. The monoisotopic (exact) mass is 254 g/mol. The zero-order valence-corrected chi connectivity index (χ0v) is 10.7. The van der Waals surface area contributed by atoms with E-state index in [0.717, 1.165) is 19.1 Å². The van der Waals surface area contributed by atoms with Crippen molar-refractivity contribution in [2.24, 2.45) is 5.92 Å². The average molecular weight is 254 g/mol. The fourth-order valence-electron chi connectivity index (χ4n) is 2.55. The number of hydrogen-bond acceptors (Lipinski definition) is 3. The highest BCUT2D eigenvalue weighted by atomic mass is 16.4. The Morgan fingerprint density at radius 1 is 1.22 bits per heavy atom. The molecule has 2 fully saturated rings. The number of carboxylic acids is 1. The van der Waals surface area contributed by atoms with Crippen molar-refractivity contribution >= 4 is 11.9 Å². The van der Waals surface area contributed by atoms with Crippen LogP contribution >= 0.6 is 0 Å². The number of aliphatic carboxylic acids is 1. The van der Waals surface area contributed by atoms with Crippen molar-refractivity contribution in [3.8, 4) is 0 Å². The van der Waals surface area contributed by atoms with Crippen molar-refractivity contribution in [1.29, 1.82) is 0 Å². The molecule has 1 unspecified atom stereocenters. The summed E-state index contributed by atoms with van der Waals surface area (Å²) in [5.41, 5.74) is 0. The predicted octanol–water partition coefficient (Wildman–Crippen LogP) is 0.842. The van der Waals surface area contributed by atoms with Crippen molar-refractivity contribution in [2.45, 2.75) is 44.6 Å². The number of amides is 1. The molecule has 1 aliphatic heterocycles. The summed E-state index contributed by atoms with van der Waals surface area (Å²) >= 11 is 0. The maximum atomic E-state index is 11.5. The molecule has 1 amide bonds. The molecule has 5 heteroatoms. The van der Waals surface area contributed by atoms with Gasteiger partial charge < -0.3 is 15.3 Å². The van der Waals surface area contributed by atoms with Gasteiger partial charge >= 0.3 is 5.97 Å². The molecule has 2 rings (SSSR count). The van der Waals surface area contributed by atoms with Crippen LogP contribution in [0.2, 0.25) is 0 Å². The van der Waals surface area contributed by atoms with Crippen molar-refractivity contribution in [3.05, 3.63) is 0 Å². The van der Waals surface area contributed by atoms with E-state index < -0.39 is 5.97 Å². The Balaban J connectivity index is 1.54. The topological polar surface area (TPSA) is 69.6 Å². The Kier molecular flexibility index (Phi) is 4.58. The van der Waals surface area contributed by atoms with Gasteiger partial charge in [0.1, 0.15) is 0 Å². The Labute approximate surface area is 108 Å². The van der Waals surface area contributed by atoms with Gasteiger partial charge in [-0.2, -0.15) is 0 Å². The van der Waals surface area contributed by atoms with Crippen LogP contribution in [0.4, 0.5) is 0 Å². The second-order valence-corrected chi connectivity index (χ2v) is 5.43. The first kappa shape index (κ1) is 13.3. The lowest BCUT2D eigenvalue weighted by molar-refractivity contribution is -0.137. The van der Waals surface area contributed by atoms with E-state index in [-0.39, 0.29) is 12.3 Å². The fourth-order valence-corrected chi connectivity index (χ4v) is 2.55. The smallest absolute Gasteiger partial charge is 0.303 e. The number of carbonyl (C=O) groups excluding carboxylic acids is 1. The van der Waals surface area contributed by atoms with Gasteiger partial charge in [-0.15, -0.1) is 0 Å². The van der Waals surface area contributed by atoms with E-state index in [1.165, 1.54) is 25.8 Å². The minimum atomic E-state index is -0.835. The Morgan fingerprint density at radius 3 is 2.67 bits per heavy atom. The van der Waals surface area contributed by atoms with Crippen LogP contribution in [0.3, 0.4) is 0 Å². The van der Waals surface area contributed by atoms with E-state index in [0.29, 0.717) is 18.8 Å². The minimum Gasteiger partial charge on any atom is -0.481 e. The van der Waals surface area contributed by atoms with Crippen molar-refractivity contribution in [3.63, 3.8) is 0 Å². The van der Waals surface area contributed by atoms with Gasteiger partial charge in [-0.05, 0) is 38.1 Å². The quantitative estimate of drug-likeness (QED) is 0.706. The third kappa shape index (κ3) is 4.29. The lowest BCUT2D eigenvalue weighted by atomic mass is 10.1. The fraction of sp³-hybridized carbons (Fsp3) is 0.846. The molecule has 2 aliphatic rings. The van der Waals surface area contributed by atoms with Crippen LogP contribution in [0.15, 0.2) is 0 Å². The summed E-state index contributed by atoms with van der Waals surface area (Å²) in [6.07, 6.45) is 4.69. The van der Waals surface area contributed by atoms with Gasteiger partial charge in [0.15, 0.2) is 0 Å². The number of nitrogens with one attached hydrogen (secondary N) is 1. The standard InChI is InChI=1S/C13H22N2O3/c16-12(2-1-3-13(17)18)14-8-10-6-7-15(9-10)11-4-5-11/h10-11H,1-9H2,(H,14,16)(H,17,18). The second kappa shape index (κ2) is 6.18. The van der Waals surface area contributed by atoms with Crippen LogP contribution in [0.1, 0.15) is 38.5 Å². The van der Waals surface area contributed by atoms with E-state index in [9.17, 15) is 9.59 Å². The number of nitrogens with zero attached hydrogens (tertiary/aromatic N) is 1. The molecule has 0 radical (unpaired) electrons. The molecule has 1 saturated carbocycles. The van der Waals surface area contributed by atoms with Gasteiger partial charge in [-0.1, -0.05) is 0 Å². The summed E-state index contributed by atoms with van der Waals surface area (Å²) in [6.45, 7) is 3.03. The van der Waals surface area contributed by atoms with Gasteiger partial charge in [-0.25, -0.2) is 0 Å². The molecule has 102 valence electrons. The van der Waals surface area contributed by atoms with Crippen LogP contribution in [0, 0.1) is 5.92 Å². The molecular weight excluding hydrogens is 232 g/mol. The van der Waals surface area contributed by atoms with E-state index >= 15 is 0 Å². The van der Waals surface area contributed by atoms with Crippen LogP contribution in [0.5, 0.6) is 0 Å². The third-order valence-electron chi connectivity index (χ3n) is 3.76. The molecule has 1 aliphatic carbocycles. The first-order valence-corrected chi connectivity index (χ1v) is 6.87. The van der Waals surface area contributed by atoms with Crippen LogP contribution in [-0.2, 0) is 9.59 Å². The van der Waals surface area contributed by atoms with Gasteiger partial charge in [-0.3, -0.25) is 9.59 Å². The minimum absolute atomic E-state index is 0.0129. The molecule has 1 saturated heterocycles. The lowest BCUT2D eigenvalue weighted by Crippen LogP contribution is -2.31. The van der Waals surface area contributed by atoms with E-state index in [1.54, 1.807) is 0 Å². The zero-order chi connectivity index (χ0) is 13.0. The third-order valence-corrected chi connectivity index (χ3v) is 3.76. The van der Waals surface area contributed by atoms with E-state index in [2.05, 4.69) is 10.2 Å². The Hall–Kier alpha value is -1.10. The maximum Gasteiger partial charge on any atom is 0.303 e. The lowest BCUT2D eigenvalue weighted by Gasteiger charge is -2.15. The van der Waals surface area contributed by atoms with Gasteiger partial charge in [0.05, 0.1) is 0 Å². The normalized spacial score (nSPS) is 24.1. The Morgan fingerprint density at radius 2 is 2.00 bits per heavy atom. The van der Waals surface area contributed by atoms with Crippen LogP contribution < -0.4 is 5.32 Å². The van der Waals surface area contributed by atoms with Gasteiger partial charge in [0, 0.05) is 32.0 Å². The molecule has 0 aromatic rings. The molecule has 0 bridgehead atoms. The van der Waals surface area contributed by atoms with E-state index in [1.807, 2.05) is 0 Å². The first-order chi connectivity index (χ1) is 8.65. The maximum absolute atomic E-state index is 11.5. The molecule has 5 nitrogen and oxygen atoms in total. The van der Waals surface area contributed by atoms with Crippen LogP contribution in [-0.4, -0.2) is 47.6 Å². The highest BCUT2D eigenvalue weighted by molar-refractivity contribution is 5.76. The zero-order valence-electron chi connectivity index (χ0n) is 10.7. The number of likely N-dealkylation sites (tertiary alicyclic amines) is 1. The number of carbonyl (C=O) groups is 2. The van der Waals surface area contributed by atoms with Crippen molar-refractivity contribution < 1.29 is 14.7 Å². The molecule has 2 N–H and O–H groups in total. The first-order valence-electron chi connectivity index (χ1n) is 6.87. The number of rotatable bonds is 7. The SMILES string of the molecule is O=C(O)CCCC(=O)NCC1CCN(C2CC2)C1. The average Bonchev–Trinajstić information content (AvgIpc) is 3.06. The highest BCUT2D eigenvalue weighted by Crippen LogP contribution is 2.31. The molecule has 0 spiro atoms. The largest absolute Gasteiger partial charge is 0.481 e. The molecule has 0 aromatic carbocycles. The van der Waals surface area contributed by atoms with Gasteiger partial charge in [0.25, 0.3) is 0 Å². The van der Waals surface area contributed by atoms with Crippen molar-refractivity contribution in [2.75, 3.05) is 19.6 Å². The van der Waals surface area contributed by atoms with E-state index in [4.69, 9.17) is 5.11 Å². The second-order valence-electron chi connectivity index (χ2n) is 5.43. The van der Waals surface area contributed by atoms with Crippen molar-refractivity contribution in [1.82, 2.24) is 10.2 Å². The molecule has 1 heterocycles. The molecule has 18 heavy (non-hydrogen) atoms. The summed E-state index contributed by atoms with van der Waals surface area (Å²) in [5.74, 6) is -0.270. The molecule has 1 atom stereocenters. The number of carboxylic acid groups (broad SMARTS) is 1. The summed E-state index contributed by atoms with van der Waals surface area (Å²) in [5, 5.41) is 11.4.